The predicted molar refractivity (Wildman–Crippen MR) is 131 cm³/mol. The van der Waals surface area contributed by atoms with Crippen LogP contribution in [0, 0.1) is 5.92 Å². The summed E-state index contributed by atoms with van der Waals surface area (Å²) in [5, 5.41) is 22.1. The summed E-state index contributed by atoms with van der Waals surface area (Å²) in [6.07, 6.45) is 4.73. The first-order valence-electron chi connectivity index (χ1n) is 11.2. The van der Waals surface area contributed by atoms with Crippen molar-refractivity contribution in [2.75, 3.05) is 27.7 Å². The normalized spacial score (nSPS) is 16.9. The zero-order valence-electron chi connectivity index (χ0n) is 19.6. The van der Waals surface area contributed by atoms with Gasteiger partial charge >= 0.3 is 0 Å². The summed E-state index contributed by atoms with van der Waals surface area (Å²) in [5.41, 5.74) is 2.63. The Labute approximate surface area is 193 Å². The van der Waals surface area contributed by atoms with Crippen LogP contribution in [0.2, 0.25) is 5.02 Å². The van der Waals surface area contributed by atoms with Crippen molar-refractivity contribution in [2.24, 2.45) is 5.92 Å². The largest absolute Gasteiger partial charge is 0.508 e. The Morgan fingerprint density at radius 1 is 1.03 bits per heavy atom. The van der Waals surface area contributed by atoms with Gasteiger partial charge < -0.3 is 20.4 Å². The summed E-state index contributed by atoms with van der Waals surface area (Å²) < 4.78 is 0. The summed E-state index contributed by atoms with van der Waals surface area (Å²) >= 11 is 6.04. The summed E-state index contributed by atoms with van der Waals surface area (Å²) in [6.45, 7) is 5.17. The van der Waals surface area contributed by atoms with Crippen LogP contribution in [0.1, 0.15) is 56.8 Å². The van der Waals surface area contributed by atoms with Crippen molar-refractivity contribution < 1.29 is 10.2 Å². The first kappa shape index (κ1) is 25.7. The second-order valence-corrected chi connectivity index (χ2v) is 9.73. The molecule has 2 atom stereocenters. The molecule has 0 aliphatic heterocycles. The summed E-state index contributed by atoms with van der Waals surface area (Å²) in [7, 11) is 6.23. The third-order valence-corrected chi connectivity index (χ3v) is 6.55. The number of phenols is 1. The predicted octanol–water partition coefficient (Wildman–Crippen LogP) is 5.38. The second-order valence-electron chi connectivity index (χ2n) is 9.29. The van der Waals surface area contributed by atoms with Crippen LogP contribution >= 0.6 is 11.6 Å². The molecule has 4 nitrogen and oxygen atoms in total. The number of aromatic hydroxyl groups is 1. The van der Waals surface area contributed by atoms with E-state index in [9.17, 15) is 5.11 Å². The smallest absolute Gasteiger partial charge is 0.115 e. The standard InChI is InChI=1S/C17H26ClN.C9H13NO2/c1-13(2)12-16(19(3)4)17(10-5-11-17)14-6-8-15(18)9-7-14;1-10-6-9(12)7-2-4-8(11)5-3-7/h6-9,13,16H,5,10-12H2,1-4H3;2-5,9-12H,6H2,1H3. The van der Waals surface area contributed by atoms with Gasteiger partial charge in [0, 0.05) is 23.0 Å². The van der Waals surface area contributed by atoms with Gasteiger partial charge in [-0.2, -0.15) is 0 Å². The topological polar surface area (TPSA) is 55.7 Å². The van der Waals surface area contributed by atoms with E-state index in [1.807, 2.05) is 12.1 Å². The second kappa shape index (κ2) is 11.9. The lowest BCUT2D eigenvalue weighted by Gasteiger charge is -2.51. The van der Waals surface area contributed by atoms with Gasteiger partial charge in [-0.25, -0.2) is 0 Å². The number of nitrogens with zero attached hydrogens (tertiary/aromatic N) is 1. The molecular formula is C26H39ClN2O2. The molecule has 0 spiro atoms. The van der Waals surface area contributed by atoms with Crippen LogP contribution in [0.25, 0.3) is 0 Å². The Hall–Kier alpha value is -1.59. The number of nitrogens with one attached hydrogen (secondary N) is 1. The van der Waals surface area contributed by atoms with Gasteiger partial charge in [-0.3, -0.25) is 0 Å². The molecule has 2 aromatic rings. The highest BCUT2D eigenvalue weighted by Crippen LogP contribution is 2.49. The number of phenolic OH excluding ortho intramolecular Hbond substituents is 1. The van der Waals surface area contributed by atoms with E-state index in [0.717, 1.165) is 16.5 Å². The molecule has 1 aliphatic carbocycles. The zero-order chi connectivity index (χ0) is 23.0. The minimum atomic E-state index is -0.504. The number of hydrogen-bond donors (Lipinski definition) is 3. The van der Waals surface area contributed by atoms with E-state index in [-0.39, 0.29) is 5.75 Å². The van der Waals surface area contributed by atoms with E-state index < -0.39 is 6.10 Å². The number of aliphatic hydroxyl groups is 1. The van der Waals surface area contributed by atoms with Gasteiger partial charge in [0.25, 0.3) is 0 Å². The molecule has 172 valence electrons. The minimum absolute atomic E-state index is 0.218. The van der Waals surface area contributed by atoms with Crippen LogP contribution < -0.4 is 5.32 Å². The Morgan fingerprint density at radius 2 is 1.61 bits per heavy atom. The van der Waals surface area contributed by atoms with E-state index in [1.54, 1.807) is 31.3 Å². The van der Waals surface area contributed by atoms with E-state index in [0.29, 0.717) is 18.0 Å². The molecule has 3 rings (SSSR count). The average molecular weight is 447 g/mol. The highest BCUT2D eigenvalue weighted by atomic mass is 35.5. The van der Waals surface area contributed by atoms with Gasteiger partial charge in [-0.05, 0) is 81.7 Å². The van der Waals surface area contributed by atoms with Crippen LogP contribution in [0.5, 0.6) is 5.75 Å². The van der Waals surface area contributed by atoms with Gasteiger partial charge in [-0.15, -0.1) is 0 Å². The maximum absolute atomic E-state index is 9.47. The lowest BCUT2D eigenvalue weighted by molar-refractivity contribution is 0.0808. The maximum atomic E-state index is 9.47. The zero-order valence-corrected chi connectivity index (χ0v) is 20.4. The number of likely N-dealkylation sites (N-methyl/N-ethyl adjacent to an activating group) is 2. The molecule has 31 heavy (non-hydrogen) atoms. The van der Waals surface area contributed by atoms with E-state index in [4.69, 9.17) is 16.7 Å². The molecule has 2 aromatic carbocycles. The third-order valence-electron chi connectivity index (χ3n) is 6.30. The third kappa shape index (κ3) is 6.95. The fourth-order valence-corrected chi connectivity index (χ4v) is 4.66. The van der Waals surface area contributed by atoms with Gasteiger partial charge in [0.2, 0.25) is 0 Å². The molecule has 2 unspecified atom stereocenters. The molecule has 3 N–H and O–H groups in total. The fourth-order valence-electron chi connectivity index (χ4n) is 4.54. The van der Waals surface area contributed by atoms with Crippen molar-refractivity contribution in [1.82, 2.24) is 10.2 Å². The molecule has 0 radical (unpaired) electrons. The Kier molecular flexibility index (Phi) is 9.83. The highest BCUT2D eigenvalue weighted by Gasteiger charge is 2.46. The fraction of sp³-hybridized carbons (Fsp3) is 0.538. The van der Waals surface area contributed by atoms with Crippen LogP contribution in [0.3, 0.4) is 0 Å². The lowest BCUT2D eigenvalue weighted by Crippen LogP contribution is -2.52. The molecule has 0 aromatic heterocycles. The van der Waals surface area contributed by atoms with Crippen LogP contribution in [0.4, 0.5) is 0 Å². The first-order valence-corrected chi connectivity index (χ1v) is 11.6. The van der Waals surface area contributed by atoms with E-state index in [1.165, 1.54) is 31.2 Å². The number of hydrogen-bond acceptors (Lipinski definition) is 4. The number of halogens is 1. The SMILES string of the molecule is CC(C)CC(N(C)C)C1(c2ccc(Cl)cc2)CCC1.CNCC(O)c1ccc(O)cc1. The van der Waals surface area contributed by atoms with E-state index in [2.05, 4.69) is 50.3 Å². The maximum Gasteiger partial charge on any atom is 0.115 e. The molecule has 0 heterocycles. The van der Waals surface area contributed by atoms with Gasteiger partial charge in [0.1, 0.15) is 5.75 Å². The van der Waals surface area contributed by atoms with Crippen LogP contribution in [-0.4, -0.2) is 48.8 Å². The van der Waals surface area contributed by atoms with Crippen LogP contribution in [0.15, 0.2) is 48.5 Å². The molecule has 1 saturated carbocycles. The van der Waals surface area contributed by atoms with Gasteiger partial charge in [0.05, 0.1) is 6.10 Å². The van der Waals surface area contributed by atoms with Gasteiger partial charge in [0.15, 0.2) is 0 Å². The Morgan fingerprint density at radius 3 is 2.03 bits per heavy atom. The molecule has 0 bridgehead atoms. The quantitative estimate of drug-likeness (QED) is 0.509. The van der Waals surface area contributed by atoms with Crippen molar-refractivity contribution in [3.05, 3.63) is 64.7 Å². The molecular weight excluding hydrogens is 408 g/mol. The average Bonchev–Trinajstić information content (AvgIpc) is 2.68. The summed E-state index contributed by atoms with van der Waals surface area (Å²) in [6, 6.07) is 15.7. The molecule has 0 amide bonds. The van der Waals surface area contributed by atoms with Crippen molar-refractivity contribution in [1.29, 1.82) is 0 Å². The highest BCUT2D eigenvalue weighted by molar-refractivity contribution is 6.30. The van der Waals surface area contributed by atoms with E-state index >= 15 is 0 Å². The molecule has 1 fully saturated rings. The van der Waals surface area contributed by atoms with Crippen molar-refractivity contribution in [2.45, 2.75) is 57.1 Å². The molecule has 0 saturated heterocycles. The Balaban J connectivity index is 0.000000245. The summed E-state index contributed by atoms with van der Waals surface area (Å²) in [5.74, 6) is 0.951. The molecule has 1 aliphatic rings. The monoisotopic (exact) mass is 446 g/mol. The van der Waals surface area contributed by atoms with Crippen molar-refractivity contribution >= 4 is 11.6 Å². The number of aliphatic hydroxyl groups excluding tert-OH is 1. The minimum Gasteiger partial charge on any atom is -0.508 e. The first-order chi connectivity index (χ1) is 14.7. The molecule has 5 heteroatoms. The number of benzene rings is 2. The Bertz CT molecular complexity index is 771. The van der Waals surface area contributed by atoms with Crippen molar-refractivity contribution in [3.63, 3.8) is 0 Å². The van der Waals surface area contributed by atoms with Crippen molar-refractivity contribution in [3.8, 4) is 5.75 Å². The number of rotatable bonds is 8. The lowest BCUT2D eigenvalue weighted by atomic mass is 9.58. The van der Waals surface area contributed by atoms with Crippen LogP contribution in [-0.2, 0) is 5.41 Å². The van der Waals surface area contributed by atoms with Gasteiger partial charge in [-0.1, -0.05) is 56.1 Å². The summed E-state index contributed by atoms with van der Waals surface area (Å²) in [4.78, 5) is 2.42.